The number of aromatic nitrogens is 2. The zero-order chi connectivity index (χ0) is 22.2. The average molecular weight is 421 g/mol. The first-order valence-electron chi connectivity index (χ1n) is 10.5. The highest BCUT2D eigenvalue weighted by Crippen LogP contribution is 2.44. The van der Waals surface area contributed by atoms with Crippen LogP contribution in [0.25, 0.3) is 5.52 Å². The summed E-state index contributed by atoms with van der Waals surface area (Å²) in [5, 5.41) is 13.5. The molecule has 3 amide bonds. The van der Waals surface area contributed by atoms with E-state index in [1.54, 1.807) is 16.8 Å². The van der Waals surface area contributed by atoms with Crippen molar-refractivity contribution in [2.45, 2.75) is 39.7 Å². The number of hydrogen-bond acceptors (Lipinski definition) is 4. The van der Waals surface area contributed by atoms with E-state index in [9.17, 15) is 9.59 Å². The summed E-state index contributed by atoms with van der Waals surface area (Å²) in [5.41, 5.74) is 8.62. The molecule has 0 spiro atoms. The summed E-state index contributed by atoms with van der Waals surface area (Å²) in [6.45, 7) is 6.73. The number of primary amides is 1. The Morgan fingerprint density at radius 3 is 2.48 bits per heavy atom. The van der Waals surface area contributed by atoms with Crippen LogP contribution in [0.3, 0.4) is 0 Å². The second-order valence-corrected chi connectivity index (χ2v) is 8.80. The van der Waals surface area contributed by atoms with Crippen LogP contribution in [0, 0.1) is 11.3 Å². The Balaban J connectivity index is 1.63. The molecule has 4 rings (SSSR count). The fourth-order valence-electron chi connectivity index (χ4n) is 4.22. The molecule has 1 saturated carbocycles. The molecule has 1 aromatic carbocycles. The molecule has 31 heavy (non-hydrogen) atoms. The molecule has 2 heterocycles. The van der Waals surface area contributed by atoms with Crippen LogP contribution in [-0.2, 0) is 0 Å². The van der Waals surface area contributed by atoms with Gasteiger partial charge in [0.15, 0.2) is 0 Å². The van der Waals surface area contributed by atoms with Crippen molar-refractivity contribution in [2.24, 2.45) is 17.1 Å². The maximum Gasteiger partial charge on any atom is 0.323 e. The fourth-order valence-corrected chi connectivity index (χ4v) is 4.22. The minimum atomic E-state index is -0.543. The molecule has 162 valence electrons. The number of hydrogen-bond donors (Lipinski definition) is 4. The molecular formula is C23H28N6O2. The summed E-state index contributed by atoms with van der Waals surface area (Å²) >= 11 is 0. The zero-order valence-corrected chi connectivity index (χ0v) is 18.0. The summed E-state index contributed by atoms with van der Waals surface area (Å²) in [6.07, 6.45) is 5.30. The molecule has 8 heteroatoms. The Morgan fingerprint density at radius 1 is 1.13 bits per heavy atom. The summed E-state index contributed by atoms with van der Waals surface area (Å²) in [7, 11) is 0. The highest BCUT2D eigenvalue weighted by atomic mass is 16.2. The van der Waals surface area contributed by atoms with Gasteiger partial charge < -0.3 is 21.7 Å². The number of carbonyl (C=O) groups excluding carboxylic acids is 2. The number of fused-ring (bicyclic) bond motifs is 1. The summed E-state index contributed by atoms with van der Waals surface area (Å²) in [4.78, 5) is 24.5. The SMILES string of the molecule is C[C@H]1CC[C@@H](Nc2c(C(N)=O)cnn3cc(NC(=O)Nc4ccccc4)cc23)C1(C)C. The van der Waals surface area contributed by atoms with Gasteiger partial charge >= 0.3 is 6.03 Å². The third kappa shape index (κ3) is 4.05. The first-order valence-corrected chi connectivity index (χ1v) is 10.5. The van der Waals surface area contributed by atoms with Crippen molar-refractivity contribution in [2.75, 3.05) is 16.0 Å². The van der Waals surface area contributed by atoms with E-state index in [-0.39, 0.29) is 17.5 Å². The largest absolute Gasteiger partial charge is 0.379 e. The number of carbonyl (C=O) groups is 2. The van der Waals surface area contributed by atoms with Crippen molar-refractivity contribution in [1.29, 1.82) is 0 Å². The number of urea groups is 1. The lowest BCUT2D eigenvalue weighted by molar-refractivity contribution is 0.100. The first kappa shape index (κ1) is 20.7. The lowest BCUT2D eigenvalue weighted by atomic mass is 9.80. The molecule has 0 saturated heterocycles. The van der Waals surface area contributed by atoms with E-state index in [0.29, 0.717) is 34.1 Å². The van der Waals surface area contributed by atoms with E-state index in [1.807, 2.05) is 30.3 Å². The highest BCUT2D eigenvalue weighted by molar-refractivity contribution is 6.04. The predicted molar refractivity (Wildman–Crippen MR) is 122 cm³/mol. The minimum Gasteiger partial charge on any atom is -0.379 e. The molecule has 3 aromatic rings. The fraction of sp³-hybridized carbons (Fsp3) is 0.348. The lowest BCUT2D eigenvalue weighted by Crippen LogP contribution is -2.35. The van der Waals surface area contributed by atoms with Gasteiger partial charge in [0.1, 0.15) is 0 Å². The van der Waals surface area contributed by atoms with E-state index >= 15 is 0 Å². The molecule has 1 aliphatic carbocycles. The Morgan fingerprint density at radius 2 is 1.84 bits per heavy atom. The highest BCUT2D eigenvalue weighted by Gasteiger charge is 2.41. The average Bonchev–Trinajstić information content (AvgIpc) is 3.23. The lowest BCUT2D eigenvalue weighted by Gasteiger charge is -2.33. The van der Waals surface area contributed by atoms with E-state index in [4.69, 9.17) is 5.73 Å². The van der Waals surface area contributed by atoms with Gasteiger partial charge in [0.2, 0.25) is 0 Å². The third-order valence-electron chi connectivity index (χ3n) is 6.57. The van der Waals surface area contributed by atoms with E-state index in [2.05, 4.69) is 41.8 Å². The minimum absolute atomic E-state index is 0.0679. The van der Waals surface area contributed by atoms with Crippen LogP contribution in [0.4, 0.5) is 21.9 Å². The molecule has 0 unspecified atom stereocenters. The van der Waals surface area contributed by atoms with Crippen molar-refractivity contribution in [1.82, 2.24) is 9.61 Å². The standard InChI is InChI=1S/C23H28N6O2/c1-14-9-10-19(23(14,2)3)28-20-17(21(24)30)12-25-29-13-16(11-18(20)29)27-22(31)26-15-7-5-4-6-8-15/h4-8,11-14,19,28H,9-10H2,1-3H3,(H2,24,30)(H2,26,27,31)/t14-,19+/m0/s1. The Hall–Kier alpha value is -3.55. The van der Waals surface area contributed by atoms with E-state index in [0.717, 1.165) is 12.8 Å². The van der Waals surface area contributed by atoms with Crippen LogP contribution >= 0.6 is 0 Å². The van der Waals surface area contributed by atoms with Crippen molar-refractivity contribution >= 4 is 34.5 Å². The van der Waals surface area contributed by atoms with Gasteiger partial charge in [0, 0.05) is 11.7 Å². The molecule has 0 bridgehead atoms. The quantitative estimate of drug-likeness (QED) is 0.492. The van der Waals surface area contributed by atoms with Gasteiger partial charge in [0.25, 0.3) is 5.91 Å². The van der Waals surface area contributed by atoms with Gasteiger partial charge in [-0.25, -0.2) is 9.31 Å². The third-order valence-corrected chi connectivity index (χ3v) is 6.57. The molecule has 1 aliphatic rings. The topological polar surface area (TPSA) is 114 Å². The van der Waals surface area contributed by atoms with Gasteiger partial charge in [0.05, 0.1) is 34.8 Å². The molecule has 8 nitrogen and oxygen atoms in total. The smallest absolute Gasteiger partial charge is 0.323 e. The van der Waals surface area contributed by atoms with Gasteiger partial charge in [-0.3, -0.25) is 4.79 Å². The molecule has 2 aromatic heterocycles. The summed E-state index contributed by atoms with van der Waals surface area (Å²) < 4.78 is 1.64. The van der Waals surface area contributed by atoms with Crippen LogP contribution in [0.15, 0.2) is 48.8 Å². The molecular weight excluding hydrogens is 392 g/mol. The zero-order valence-electron chi connectivity index (χ0n) is 18.0. The second-order valence-electron chi connectivity index (χ2n) is 8.80. The van der Waals surface area contributed by atoms with Gasteiger partial charge in [-0.2, -0.15) is 5.10 Å². The van der Waals surface area contributed by atoms with Crippen molar-refractivity contribution in [3.8, 4) is 0 Å². The van der Waals surface area contributed by atoms with Crippen molar-refractivity contribution in [3.05, 3.63) is 54.4 Å². The first-order chi connectivity index (χ1) is 14.8. The molecule has 0 radical (unpaired) electrons. The number of rotatable bonds is 5. The van der Waals surface area contributed by atoms with Gasteiger partial charge in [-0.05, 0) is 42.4 Å². The number of anilines is 3. The monoisotopic (exact) mass is 420 g/mol. The number of benzene rings is 1. The molecule has 2 atom stereocenters. The van der Waals surface area contributed by atoms with Crippen LogP contribution < -0.4 is 21.7 Å². The maximum atomic E-state index is 12.4. The molecule has 5 N–H and O–H groups in total. The van der Waals surface area contributed by atoms with E-state index in [1.165, 1.54) is 6.20 Å². The summed E-state index contributed by atoms with van der Waals surface area (Å²) in [6, 6.07) is 10.8. The Labute approximate surface area is 181 Å². The van der Waals surface area contributed by atoms with Gasteiger partial charge in [-0.1, -0.05) is 39.0 Å². The predicted octanol–water partition coefficient (Wildman–Crippen LogP) is 4.31. The number of nitrogens with zero attached hydrogens (tertiary/aromatic N) is 2. The maximum absolute atomic E-state index is 12.4. The summed E-state index contributed by atoms with van der Waals surface area (Å²) in [5.74, 6) is 0.0180. The molecule has 0 aliphatic heterocycles. The Bertz CT molecular complexity index is 1120. The Kier molecular flexibility index (Phi) is 5.31. The normalized spacial score (nSPS) is 19.8. The van der Waals surface area contributed by atoms with E-state index < -0.39 is 5.91 Å². The number of nitrogens with one attached hydrogen (secondary N) is 3. The van der Waals surface area contributed by atoms with Crippen molar-refractivity contribution in [3.63, 3.8) is 0 Å². The second kappa shape index (κ2) is 7.94. The van der Waals surface area contributed by atoms with Crippen LogP contribution in [0.2, 0.25) is 0 Å². The number of amides is 3. The van der Waals surface area contributed by atoms with Crippen molar-refractivity contribution < 1.29 is 9.59 Å². The van der Waals surface area contributed by atoms with Crippen LogP contribution in [0.1, 0.15) is 44.0 Å². The van der Waals surface area contributed by atoms with Crippen LogP contribution in [0.5, 0.6) is 0 Å². The molecule has 1 fully saturated rings. The van der Waals surface area contributed by atoms with Gasteiger partial charge in [-0.15, -0.1) is 0 Å². The number of para-hydroxylation sites is 1. The number of nitrogens with two attached hydrogens (primary N) is 1. The van der Waals surface area contributed by atoms with Crippen LogP contribution in [-0.4, -0.2) is 27.6 Å².